The molecule has 0 fully saturated rings. The molecule has 114 valence electrons. The highest BCUT2D eigenvalue weighted by molar-refractivity contribution is 9.10. The van der Waals surface area contributed by atoms with Crippen molar-refractivity contribution in [3.63, 3.8) is 0 Å². The monoisotopic (exact) mass is 362 g/mol. The third-order valence-corrected chi connectivity index (χ3v) is 5.48. The van der Waals surface area contributed by atoms with Crippen molar-refractivity contribution in [1.82, 2.24) is 4.72 Å². The van der Waals surface area contributed by atoms with Gasteiger partial charge in [-0.15, -0.1) is 0 Å². The smallest absolute Gasteiger partial charge is 0.241 e. The fourth-order valence-electron chi connectivity index (χ4n) is 1.84. The normalized spacial score (nSPS) is 12.1. The second-order valence-electron chi connectivity index (χ2n) is 5.26. The molecule has 20 heavy (non-hydrogen) atoms. The predicted octanol–water partition coefficient (Wildman–Crippen LogP) is 3.01. The fraction of sp³-hybridized carbons (Fsp3) is 0.571. The van der Waals surface area contributed by atoms with Crippen molar-refractivity contribution in [2.75, 3.05) is 6.54 Å². The number of nitrogens with two attached hydrogens (primary N) is 1. The third kappa shape index (κ3) is 5.52. The molecule has 0 atom stereocenters. The zero-order valence-corrected chi connectivity index (χ0v) is 14.4. The van der Waals surface area contributed by atoms with Gasteiger partial charge in [-0.05, 0) is 46.0 Å². The van der Waals surface area contributed by atoms with E-state index in [0.717, 1.165) is 24.8 Å². The minimum atomic E-state index is -3.48. The van der Waals surface area contributed by atoms with E-state index < -0.39 is 10.0 Å². The van der Waals surface area contributed by atoms with Crippen LogP contribution in [0.2, 0.25) is 0 Å². The van der Waals surface area contributed by atoms with Crippen molar-refractivity contribution in [2.24, 2.45) is 11.7 Å². The van der Waals surface area contributed by atoms with Gasteiger partial charge in [-0.2, -0.15) is 0 Å². The molecule has 1 aromatic carbocycles. The van der Waals surface area contributed by atoms with Crippen LogP contribution in [0.3, 0.4) is 0 Å². The van der Waals surface area contributed by atoms with E-state index in [1.807, 2.05) is 6.07 Å². The van der Waals surface area contributed by atoms with Gasteiger partial charge in [-0.25, -0.2) is 13.1 Å². The first kappa shape index (κ1) is 17.6. The fourth-order valence-corrected chi connectivity index (χ4v) is 3.93. The van der Waals surface area contributed by atoms with E-state index in [9.17, 15) is 8.42 Å². The van der Waals surface area contributed by atoms with Crippen LogP contribution in [-0.2, 0) is 16.6 Å². The number of benzene rings is 1. The number of rotatable bonds is 8. The van der Waals surface area contributed by atoms with Crippen LogP contribution in [0.25, 0.3) is 0 Å². The number of halogens is 1. The van der Waals surface area contributed by atoms with Crippen LogP contribution in [0.5, 0.6) is 0 Å². The van der Waals surface area contributed by atoms with Crippen LogP contribution in [0.15, 0.2) is 27.6 Å². The Kier molecular flexibility index (Phi) is 7.15. The molecule has 0 heterocycles. The highest BCUT2D eigenvalue weighted by Crippen LogP contribution is 2.23. The summed E-state index contributed by atoms with van der Waals surface area (Å²) in [5.41, 5.74) is 6.35. The molecular weight excluding hydrogens is 340 g/mol. The van der Waals surface area contributed by atoms with E-state index in [1.54, 1.807) is 12.1 Å². The third-order valence-electron chi connectivity index (χ3n) is 3.02. The summed E-state index contributed by atoms with van der Waals surface area (Å²) in [5, 5.41) is 0. The summed E-state index contributed by atoms with van der Waals surface area (Å²) < 4.78 is 27.7. The van der Waals surface area contributed by atoms with Crippen molar-refractivity contribution < 1.29 is 8.42 Å². The lowest BCUT2D eigenvalue weighted by atomic mass is 10.1. The van der Waals surface area contributed by atoms with E-state index in [-0.39, 0.29) is 4.90 Å². The highest BCUT2D eigenvalue weighted by atomic mass is 79.9. The highest BCUT2D eigenvalue weighted by Gasteiger charge is 2.17. The number of sulfonamides is 1. The molecule has 0 radical (unpaired) electrons. The van der Waals surface area contributed by atoms with Gasteiger partial charge in [0.15, 0.2) is 0 Å². The van der Waals surface area contributed by atoms with Crippen LogP contribution in [-0.4, -0.2) is 15.0 Å². The minimum Gasteiger partial charge on any atom is -0.326 e. The molecule has 0 aromatic heterocycles. The Morgan fingerprint density at radius 3 is 2.60 bits per heavy atom. The molecule has 1 aromatic rings. The maximum Gasteiger partial charge on any atom is 0.241 e. The number of nitrogens with one attached hydrogen (secondary N) is 1. The van der Waals surface area contributed by atoms with Crippen LogP contribution in [0.1, 0.15) is 38.7 Å². The lowest BCUT2D eigenvalue weighted by molar-refractivity contribution is 0.530. The maximum absolute atomic E-state index is 12.2. The number of hydrogen-bond acceptors (Lipinski definition) is 3. The Labute approximate surface area is 130 Å². The molecule has 1 rings (SSSR count). The zero-order chi connectivity index (χ0) is 15.2. The molecule has 6 heteroatoms. The van der Waals surface area contributed by atoms with Gasteiger partial charge in [-0.1, -0.05) is 32.8 Å². The lowest BCUT2D eigenvalue weighted by Crippen LogP contribution is -2.25. The van der Waals surface area contributed by atoms with Crippen LogP contribution in [0.4, 0.5) is 0 Å². The first-order valence-electron chi connectivity index (χ1n) is 6.85. The molecule has 3 N–H and O–H groups in total. The lowest BCUT2D eigenvalue weighted by Gasteiger charge is -2.10. The molecule has 0 unspecified atom stereocenters. The van der Waals surface area contributed by atoms with Gasteiger partial charge >= 0.3 is 0 Å². The molecule has 0 aliphatic heterocycles. The minimum absolute atomic E-state index is 0.254. The van der Waals surface area contributed by atoms with Gasteiger partial charge in [0.1, 0.15) is 0 Å². The summed E-state index contributed by atoms with van der Waals surface area (Å²) in [7, 11) is -3.48. The second kappa shape index (κ2) is 8.12. The van der Waals surface area contributed by atoms with Crippen molar-refractivity contribution in [3.8, 4) is 0 Å². The van der Waals surface area contributed by atoms with Crippen molar-refractivity contribution >= 4 is 26.0 Å². The quantitative estimate of drug-likeness (QED) is 0.698. The topological polar surface area (TPSA) is 72.2 Å². The molecule has 4 nitrogen and oxygen atoms in total. The second-order valence-corrected chi connectivity index (χ2v) is 7.85. The van der Waals surface area contributed by atoms with Gasteiger partial charge in [0.05, 0.1) is 4.90 Å². The van der Waals surface area contributed by atoms with Gasteiger partial charge in [0, 0.05) is 17.6 Å². The molecule has 0 aliphatic rings. The average Bonchev–Trinajstić information content (AvgIpc) is 2.38. The Morgan fingerprint density at radius 2 is 2.00 bits per heavy atom. The van der Waals surface area contributed by atoms with Crippen molar-refractivity contribution in [3.05, 3.63) is 28.2 Å². The van der Waals surface area contributed by atoms with Crippen molar-refractivity contribution in [2.45, 2.75) is 44.6 Å². The predicted molar refractivity (Wildman–Crippen MR) is 85.9 cm³/mol. The van der Waals surface area contributed by atoms with Crippen LogP contribution >= 0.6 is 15.9 Å². The largest absolute Gasteiger partial charge is 0.326 e. The summed E-state index contributed by atoms with van der Waals surface area (Å²) in [6, 6.07) is 5.14. The van der Waals surface area contributed by atoms with E-state index in [1.165, 1.54) is 0 Å². The summed E-state index contributed by atoms with van der Waals surface area (Å²) >= 11 is 3.28. The Balaban J connectivity index is 2.64. The van der Waals surface area contributed by atoms with E-state index in [4.69, 9.17) is 5.73 Å². The summed E-state index contributed by atoms with van der Waals surface area (Å²) in [4.78, 5) is 0.254. The van der Waals surface area contributed by atoms with Crippen LogP contribution in [0, 0.1) is 5.92 Å². The van der Waals surface area contributed by atoms with E-state index >= 15 is 0 Å². The van der Waals surface area contributed by atoms with Gasteiger partial charge in [-0.3, -0.25) is 0 Å². The number of unbranched alkanes of at least 4 members (excludes halogenated alkanes) is 1. The summed E-state index contributed by atoms with van der Waals surface area (Å²) in [5.74, 6) is 0.655. The Hall–Kier alpha value is -0.430. The maximum atomic E-state index is 12.2. The van der Waals surface area contributed by atoms with Gasteiger partial charge in [0.2, 0.25) is 10.0 Å². The van der Waals surface area contributed by atoms with Gasteiger partial charge < -0.3 is 5.73 Å². The van der Waals surface area contributed by atoms with E-state index in [2.05, 4.69) is 34.5 Å². The Bertz CT molecular complexity index is 530. The molecule has 0 saturated carbocycles. The average molecular weight is 363 g/mol. The number of hydrogen-bond donors (Lipinski definition) is 2. The molecule has 0 spiro atoms. The molecule has 0 bridgehead atoms. The molecule has 0 aliphatic carbocycles. The summed E-state index contributed by atoms with van der Waals surface area (Å²) in [6.45, 7) is 5.12. The zero-order valence-electron chi connectivity index (χ0n) is 12.0. The standard InChI is InChI=1S/C14H23BrN2O2S/c1-11(2)5-3-4-8-17-20(18,19)14-9-12(10-16)6-7-13(14)15/h6-7,9,11,17H,3-5,8,10,16H2,1-2H3. The van der Waals surface area contributed by atoms with Crippen LogP contribution < -0.4 is 10.5 Å². The van der Waals surface area contributed by atoms with Crippen molar-refractivity contribution in [1.29, 1.82) is 0 Å². The molecule has 0 amide bonds. The molecule has 0 saturated heterocycles. The van der Waals surface area contributed by atoms with Gasteiger partial charge in [0.25, 0.3) is 0 Å². The SMILES string of the molecule is CC(C)CCCCNS(=O)(=O)c1cc(CN)ccc1Br. The van der Waals surface area contributed by atoms with E-state index in [0.29, 0.717) is 23.5 Å². The molecular formula is C14H23BrN2O2S. The first-order chi connectivity index (χ1) is 9.36. The summed E-state index contributed by atoms with van der Waals surface area (Å²) in [6.07, 6.45) is 3.00. The Morgan fingerprint density at radius 1 is 1.30 bits per heavy atom. The first-order valence-corrected chi connectivity index (χ1v) is 9.12.